The Morgan fingerprint density at radius 2 is 2.22 bits per heavy atom. The van der Waals surface area contributed by atoms with Crippen LogP contribution in [0.25, 0.3) is 0 Å². The molecule has 0 saturated carbocycles. The minimum atomic E-state index is -0.0801. The SMILES string of the molecule is CCc1cccc(F)c1CN1CCC[C@@H](N)C1.Cl. The van der Waals surface area contributed by atoms with Gasteiger partial charge in [-0.05, 0) is 37.4 Å². The summed E-state index contributed by atoms with van der Waals surface area (Å²) in [5.41, 5.74) is 7.92. The monoisotopic (exact) mass is 272 g/mol. The molecule has 0 spiro atoms. The van der Waals surface area contributed by atoms with Gasteiger partial charge in [0, 0.05) is 24.7 Å². The van der Waals surface area contributed by atoms with Crippen molar-refractivity contribution in [3.8, 4) is 0 Å². The van der Waals surface area contributed by atoms with Crippen molar-refractivity contribution in [1.82, 2.24) is 4.90 Å². The fraction of sp³-hybridized carbons (Fsp3) is 0.571. The van der Waals surface area contributed by atoms with Gasteiger partial charge in [0.1, 0.15) is 5.82 Å². The van der Waals surface area contributed by atoms with Crippen molar-refractivity contribution in [1.29, 1.82) is 0 Å². The van der Waals surface area contributed by atoms with Gasteiger partial charge in [0.2, 0.25) is 0 Å². The van der Waals surface area contributed by atoms with E-state index in [1.807, 2.05) is 6.07 Å². The Labute approximate surface area is 115 Å². The molecule has 1 fully saturated rings. The van der Waals surface area contributed by atoms with Crippen LogP contribution in [0.3, 0.4) is 0 Å². The third-order valence-corrected chi connectivity index (χ3v) is 3.52. The normalized spacial score (nSPS) is 20.5. The second kappa shape index (κ2) is 7.07. The van der Waals surface area contributed by atoms with Crippen LogP contribution in [0, 0.1) is 5.82 Å². The summed E-state index contributed by atoms with van der Waals surface area (Å²) in [6.45, 7) is 4.69. The molecule has 0 unspecified atom stereocenters. The number of nitrogens with two attached hydrogens (primary N) is 1. The zero-order valence-electron chi connectivity index (χ0n) is 10.9. The number of hydrogen-bond donors (Lipinski definition) is 1. The predicted molar refractivity (Wildman–Crippen MR) is 75.5 cm³/mol. The molecule has 102 valence electrons. The first kappa shape index (κ1) is 15.4. The van der Waals surface area contributed by atoms with Gasteiger partial charge in [-0.1, -0.05) is 19.1 Å². The van der Waals surface area contributed by atoms with E-state index in [9.17, 15) is 4.39 Å². The number of hydrogen-bond acceptors (Lipinski definition) is 2. The minimum absolute atomic E-state index is 0. The zero-order valence-corrected chi connectivity index (χ0v) is 11.7. The smallest absolute Gasteiger partial charge is 0.127 e. The summed E-state index contributed by atoms with van der Waals surface area (Å²) in [6, 6.07) is 5.61. The Balaban J connectivity index is 0.00000162. The van der Waals surface area contributed by atoms with Crippen molar-refractivity contribution in [3.05, 3.63) is 35.1 Å². The molecule has 1 aromatic carbocycles. The van der Waals surface area contributed by atoms with Gasteiger partial charge >= 0.3 is 0 Å². The fourth-order valence-electron chi connectivity index (χ4n) is 2.57. The largest absolute Gasteiger partial charge is 0.327 e. The molecule has 1 aliphatic heterocycles. The number of benzene rings is 1. The second-order valence-corrected chi connectivity index (χ2v) is 4.87. The molecule has 0 amide bonds. The highest BCUT2D eigenvalue weighted by molar-refractivity contribution is 5.85. The number of nitrogens with zero attached hydrogens (tertiary/aromatic N) is 1. The van der Waals surface area contributed by atoms with E-state index in [-0.39, 0.29) is 24.3 Å². The van der Waals surface area contributed by atoms with E-state index in [2.05, 4.69) is 11.8 Å². The Hall–Kier alpha value is -0.640. The maximum atomic E-state index is 13.8. The molecule has 1 heterocycles. The minimum Gasteiger partial charge on any atom is -0.327 e. The Kier molecular flexibility index (Phi) is 6.06. The van der Waals surface area contributed by atoms with E-state index >= 15 is 0 Å². The van der Waals surface area contributed by atoms with E-state index in [4.69, 9.17) is 5.73 Å². The van der Waals surface area contributed by atoms with Crippen LogP contribution in [0.15, 0.2) is 18.2 Å². The molecule has 0 bridgehead atoms. The highest BCUT2D eigenvalue weighted by atomic mass is 35.5. The molecule has 1 aliphatic rings. The van der Waals surface area contributed by atoms with Crippen LogP contribution < -0.4 is 5.73 Å². The van der Waals surface area contributed by atoms with Crippen LogP contribution in [0.5, 0.6) is 0 Å². The molecule has 0 radical (unpaired) electrons. The van der Waals surface area contributed by atoms with Crippen molar-refractivity contribution in [3.63, 3.8) is 0 Å². The molecule has 0 aromatic heterocycles. The summed E-state index contributed by atoms with van der Waals surface area (Å²) >= 11 is 0. The summed E-state index contributed by atoms with van der Waals surface area (Å²) in [4.78, 5) is 2.27. The summed E-state index contributed by atoms with van der Waals surface area (Å²) in [5.74, 6) is -0.0801. The third kappa shape index (κ3) is 3.67. The van der Waals surface area contributed by atoms with Crippen LogP contribution in [-0.2, 0) is 13.0 Å². The van der Waals surface area contributed by atoms with Crippen molar-refractivity contribution in [2.45, 2.75) is 38.8 Å². The first-order chi connectivity index (χ1) is 8.20. The van der Waals surface area contributed by atoms with Gasteiger partial charge in [-0.3, -0.25) is 4.90 Å². The van der Waals surface area contributed by atoms with Crippen molar-refractivity contribution < 1.29 is 4.39 Å². The van der Waals surface area contributed by atoms with Gasteiger partial charge < -0.3 is 5.73 Å². The number of aryl methyl sites for hydroxylation is 1. The van der Waals surface area contributed by atoms with Crippen molar-refractivity contribution >= 4 is 12.4 Å². The molecule has 2 rings (SSSR count). The number of halogens is 2. The molecule has 1 saturated heterocycles. The summed E-state index contributed by atoms with van der Waals surface area (Å²) in [6.07, 6.45) is 3.10. The molecule has 1 aromatic rings. The second-order valence-electron chi connectivity index (χ2n) is 4.87. The van der Waals surface area contributed by atoms with Gasteiger partial charge in [0.15, 0.2) is 0 Å². The topological polar surface area (TPSA) is 29.3 Å². The fourth-order valence-corrected chi connectivity index (χ4v) is 2.57. The highest BCUT2D eigenvalue weighted by Gasteiger charge is 2.18. The average Bonchev–Trinajstić information content (AvgIpc) is 2.32. The first-order valence-electron chi connectivity index (χ1n) is 6.45. The standard InChI is InChI=1S/C14H21FN2.ClH/c1-2-11-5-3-7-14(15)13(11)10-17-8-4-6-12(16)9-17;/h3,5,7,12H,2,4,6,8-10,16H2,1H3;1H/t12-;/m1./s1. The number of piperidine rings is 1. The lowest BCUT2D eigenvalue weighted by molar-refractivity contribution is 0.199. The highest BCUT2D eigenvalue weighted by Crippen LogP contribution is 2.19. The molecule has 2 N–H and O–H groups in total. The summed E-state index contributed by atoms with van der Waals surface area (Å²) in [5, 5.41) is 0. The molecule has 4 heteroatoms. The van der Waals surface area contributed by atoms with Crippen LogP contribution in [0.2, 0.25) is 0 Å². The van der Waals surface area contributed by atoms with E-state index in [1.54, 1.807) is 12.1 Å². The van der Waals surface area contributed by atoms with E-state index in [0.717, 1.165) is 43.5 Å². The quantitative estimate of drug-likeness (QED) is 0.917. The maximum absolute atomic E-state index is 13.8. The first-order valence-corrected chi connectivity index (χ1v) is 6.45. The van der Waals surface area contributed by atoms with Gasteiger partial charge in [-0.25, -0.2) is 4.39 Å². The lowest BCUT2D eigenvalue weighted by Gasteiger charge is -2.31. The van der Waals surface area contributed by atoms with Crippen LogP contribution in [0.4, 0.5) is 4.39 Å². The lowest BCUT2D eigenvalue weighted by Crippen LogP contribution is -2.42. The zero-order chi connectivity index (χ0) is 12.3. The molecular formula is C14H22ClFN2. The van der Waals surface area contributed by atoms with Crippen LogP contribution >= 0.6 is 12.4 Å². The Bertz CT molecular complexity index is 384. The van der Waals surface area contributed by atoms with E-state index in [0.29, 0.717) is 6.54 Å². The van der Waals surface area contributed by atoms with Gasteiger partial charge in [-0.2, -0.15) is 0 Å². The van der Waals surface area contributed by atoms with Crippen LogP contribution in [-0.4, -0.2) is 24.0 Å². The Morgan fingerprint density at radius 1 is 1.44 bits per heavy atom. The average molecular weight is 273 g/mol. The summed E-state index contributed by atoms with van der Waals surface area (Å²) < 4.78 is 13.8. The number of rotatable bonds is 3. The van der Waals surface area contributed by atoms with Gasteiger partial charge in [-0.15, -0.1) is 12.4 Å². The van der Waals surface area contributed by atoms with Gasteiger partial charge in [0.25, 0.3) is 0 Å². The molecule has 0 aliphatic carbocycles. The number of likely N-dealkylation sites (tertiary alicyclic amines) is 1. The van der Waals surface area contributed by atoms with Crippen molar-refractivity contribution in [2.24, 2.45) is 5.73 Å². The molecule has 18 heavy (non-hydrogen) atoms. The van der Waals surface area contributed by atoms with E-state index in [1.165, 1.54) is 0 Å². The van der Waals surface area contributed by atoms with Crippen LogP contribution in [0.1, 0.15) is 30.9 Å². The summed E-state index contributed by atoms with van der Waals surface area (Å²) in [7, 11) is 0. The van der Waals surface area contributed by atoms with Gasteiger partial charge in [0.05, 0.1) is 0 Å². The third-order valence-electron chi connectivity index (χ3n) is 3.52. The molecule has 2 nitrogen and oxygen atoms in total. The van der Waals surface area contributed by atoms with E-state index < -0.39 is 0 Å². The maximum Gasteiger partial charge on any atom is 0.127 e. The Morgan fingerprint density at radius 3 is 2.89 bits per heavy atom. The molecule has 1 atom stereocenters. The molecular weight excluding hydrogens is 251 g/mol. The van der Waals surface area contributed by atoms with Crippen molar-refractivity contribution in [2.75, 3.05) is 13.1 Å². The lowest BCUT2D eigenvalue weighted by atomic mass is 10.0. The predicted octanol–water partition coefficient (Wildman–Crippen LogP) is 2.73.